The first-order valence-electron chi connectivity index (χ1n) is 7.26. The average Bonchev–Trinajstić information content (AvgIpc) is 3.24. The largest absolute Gasteiger partial charge is 0.352 e. The molecule has 0 atom stereocenters. The van der Waals surface area contributed by atoms with Crippen molar-refractivity contribution >= 4 is 5.95 Å². The van der Waals surface area contributed by atoms with Gasteiger partial charge < -0.3 is 0 Å². The zero-order valence-electron chi connectivity index (χ0n) is 12.5. The van der Waals surface area contributed by atoms with Crippen LogP contribution in [-0.2, 0) is 6.54 Å². The van der Waals surface area contributed by atoms with Gasteiger partial charge in [-0.25, -0.2) is 15.6 Å². The summed E-state index contributed by atoms with van der Waals surface area (Å²) < 4.78 is 1.41. The highest BCUT2D eigenvalue weighted by molar-refractivity contribution is 5.49. The van der Waals surface area contributed by atoms with Gasteiger partial charge in [-0.2, -0.15) is 4.98 Å². The molecule has 2 bridgehead atoms. The SMILES string of the molecule is C1=CC2=CC=C1C2.NNc1ncn(Cc2ccccc2)c(=O)n1. The Morgan fingerprint density at radius 1 is 1.13 bits per heavy atom. The van der Waals surface area contributed by atoms with Crippen molar-refractivity contribution in [3.05, 3.63) is 88.2 Å². The first kappa shape index (κ1) is 14.9. The standard InChI is InChI=1S/C10H11N5O.C7H6/c11-14-9-12-7-15(10(16)13-9)6-8-4-2-1-3-5-8;1-2-7-4-3-6(1)5-7/h1-5,7H,6,11H2,(H,13,14,16);1-4H,5H2. The van der Waals surface area contributed by atoms with Crippen molar-refractivity contribution in [2.45, 2.75) is 13.0 Å². The zero-order chi connectivity index (χ0) is 16.1. The second-order valence-corrected chi connectivity index (χ2v) is 5.21. The van der Waals surface area contributed by atoms with E-state index in [1.165, 1.54) is 28.5 Å². The van der Waals surface area contributed by atoms with Crippen LogP contribution in [0.1, 0.15) is 12.0 Å². The molecule has 0 fully saturated rings. The first-order chi connectivity index (χ1) is 11.2. The van der Waals surface area contributed by atoms with E-state index in [2.05, 4.69) is 39.7 Å². The van der Waals surface area contributed by atoms with Crippen LogP contribution in [0.5, 0.6) is 0 Å². The molecule has 0 saturated heterocycles. The summed E-state index contributed by atoms with van der Waals surface area (Å²) in [5.41, 5.74) is 5.79. The van der Waals surface area contributed by atoms with Crippen molar-refractivity contribution in [2.75, 3.05) is 5.43 Å². The van der Waals surface area contributed by atoms with Crippen molar-refractivity contribution in [3.8, 4) is 0 Å². The number of nitrogens with zero attached hydrogens (tertiary/aromatic N) is 3. The van der Waals surface area contributed by atoms with E-state index in [0.717, 1.165) is 5.56 Å². The fourth-order valence-electron chi connectivity index (χ4n) is 2.33. The van der Waals surface area contributed by atoms with Crippen molar-refractivity contribution < 1.29 is 0 Å². The van der Waals surface area contributed by atoms with Crippen LogP contribution >= 0.6 is 0 Å². The summed E-state index contributed by atoms with van der Waals surface area (Å²) in [4.78, 5) is 19.0. The van der Waals surface area contributed by atoms with Crippen LogP contribution in [0.2, 0.25) is 0 Å². The van der Waals surface area contributed by atoms with Gasteiger partial charge in [-0.05, 0) is 23.1 Å². The number of hydrazine groups is 1. The second kappa shape index (κ2) is 6.85. The van der Waals surface area contributed by atoms with Gasteiger partial charge in [0.2, 0.25) is 5.95 Å². The number of nitrogen functional groups attached to an aromatic ring is 1. The molecule has 23 heavy (non-hydrogen) atoms. The molecule has 116 valence electrons. The van der Waals surface area contributed by atoms with E-state index in [4.69, 9.17) is 5.84 Å². The third-order valence-electron chi connectivity index (χ3n) is 3.52. The number of hydrogen-bond donors (Lipinski definition) is 2. The molecule has 2 aromatic rings. The van der Waals surface area contributed by atoms with Crippen LogP contribution in [-0.4, -0.2) is 14.5 Å². The maximum Gasteiger partial charge on any atom is 0.352 e. The Morgan fingerprint density at radius 3 is 2.30 bits per heavy atom. The molecule has 0 saturated carbocycles. The van der Waals surface area contributed by atoms with Crippen molar-refractivity contribution in [1.29, 1.82) is 0 Å². The highest BCUT2D eigenvalue weighted by Gasteiger charge is 2.07. The van der Waals surface area contributed by atoms with Crippen molar-refractivity contribution in [1.82, 2.24) is 14.5 Å². The summed E-state index contributed by atoms with van der Waals surface area (Å²) in [6.07, 6.45) is 11.3. The minimum absolute atomic E-state index is 0.120. The van der Waals surface area contributed by atoms with Gasteiger partial charge in [0.25, 0.3) is 0 Å². The number of aromatic nitrogens is 3. The highest BCUT2D eigenvalue weighted by atomic mass is 16.1. The lowest BCUT2D eigenvalue weighted by molar-refractivity contribution is 0.701. The first-order valence-corrected chi connectivity index (χ1v) is 7.26. The molecule has 0 radical (unpaired) electrons. The quantitative estimate of drug-likeness (QED) is 0.667. The second-order valence-electron chi connectivity index (χ2n) is 5.21. The smallest absolute Gasteiger partial charge is 0.292 e. The Bertz CT molecular complexity index is 814. The van der Waals surface area contributed by atoms with Crippen LogP contribution < -0.4 is 17.0 Å². The van der Waals surface area contributed by atoms with E-state index < -0.39 is 0 Å². The van der Waals surface area contributed by atoms with E-state index in [0.29, 0.717) is 6.54 Å². The third-order valence-corrected chi connectivity index (χ3v) is 3.52. The zero-order valence-corrected chi connectivity index (χ0v) is 12.5. The van der Waals surface area contributed by atoms with E-state index in [9.17, 15) is 4.79 Å². The minimum atomic E-state index is -0.383. The molecule has 1 aromatic heterocycles. The summed E-state index contributed by atoms with van der Waals surface area (Å²) in [5, 5.41) is 0. The average molecular weight is 307 g/mol. The monoisotopic (exact) mass is 307 g/mol. The van der Waals surface area contributed by atoms with E-state index in [1.807, 2.05) is 30.3 Å². The van der Waals surface area contributed by atoms with Crippen LogP contribution in [0.3, 0.4) is 0 Å². The Morgan fingerprint density at radius 2 is 1.83 bits per heavy atom. The molecule has 0 aliphatic heterocycles. The van der Waals surface area contributed by atoms with Gasteiger partial charge >= 0.3 is 5.69 Å². The molecule has 6 nitrogen and oxygen atoms in total. The molecule has 0 spiro atoms. The summed E-state index contributed by atoms with van der Waals surface area (Å²) in [6.45, 7) is 0.449. The lowest BCUT2D eigenvalue weighted by atomic mass is 10.2. The number of nitrogens with two attached hydrogens (primary N) is 1. The molecule has 0 amide bonds. The molecule has 3 N–H and O–H groups in total. The predicted molar refractivity (Wildman–Crippen MR) is 89.6 cm³/mol. The summed E-state index contributed by atoms with van der Waals surface area (Å²) >= 11 is 0. The van der Waals surface area contributed by atoms with E-state index in [1.54, 1.807) is 0 Å². The topological polar surface area (TPSA) is 85.8 Å². The normalized spacial score (nSPS) is 14.0. The Kier molecular flexibility index (Phi) is 4.44. The van der Waals surface area contributed by atoms with Gasteiger partial charge in [-0.3, -0.25) is 9.99 Å². The maximum atomic E-state index is 11.5. The third kappa shape index (κ3) is 3.81. The fraction of sp³-hybridized carbons (Fsp3) is 0.118. The van der Waals surface area contributed by atoms with Gasteiger partial charge in [0, 0.05) is 0 Å². The van der Waals surface area contributed by atoms with Crippen molar-refractivity contribution in [3.63, 3.8) is 0 Å². The number of rotatable bonds is 3. The van der Waals surface area contributed by atoms with E-state index >= 15 is 0 Å². The Hall–Kier alpha value is -2.99. The van der Waals surface area contributed by atoms with Gasteiger partial charge in [-0.1, -0.05) is 54.6 Å². The number of nitrogens with one attached hydrogen (secondary N) is 1. The number of fused-ring (bicyclic) bond motifs is 2. The number of benzene rings is 1. The molecule has 6 heteroatoms. The fourth-order valence-corrected chi connectivity index (χ4v) is 2.33. The van der Waals surface area contributed by atoms with Gasteiger partial charge in [0.15, 0.2) is 0 Å². The molecule has 2 aliphatic rings. The van der Waals surface area contributed by atoms with Crippen LogP contribution in [0.25, 0.3) is 0 Å². The molecule has 0 unspecified atom stereocenters. The van der Waals surface area contributed by atoms with Crippen LogP contribution in [0, 0.1) is 0 Å². The van der Waals surface area contributed by atoms with Gasteiger partial charge in [0.1, 0.15) is 6.33 Å². The number of anilines is 1. The highest BCUT2D eigenvalue weighted by Crippen LogP contribution is 2.27. The molecule has 1 aromatic carbocycles. The maximum absolute atomic E-state index is 11.5. The number of hydrogen-bond acceptors (Lipinski definition) is 5. The Balaban J connectivity index is 0.000000183. The molecule has 4 rings (SSSR count). The molecule has 2 aliphatic carbocycles. The Labute approximate surface area is 133 Å². The molecular weight excluding hydrogens is 290 g/mol. The minimum Gasteiger partial charge on any atom is -0.292 e. The number of allylic oxidation sites excluding steroid dienone is 6. The summed E-state index contributed by atoms with van der Waals surface area (Å²) in [6, 6.07) is 9.61. The summed E-state index contributed by atoms with van der Waals surface area (Å²) in [5.74, 6) is 5.22. The summed E-state index contributed by atoms with van der Waals surface area (Å²) in [7, 11) is 0. The van der Waals surface area contributed by atoms with Crippen LogP contribution in [0.4, 0.5) is 5.95 Å². The molecule has 1 heterocycles. The van der Waals surface area contributed by atoms with E-state index in [-0.39, 0.29) is 11.6 Å². The van der Waals surface area contributed by atoms with Crippen LogP contribution in [0.15, 0.2) is 76.9 Å². The molecular formula is C17H17N5O. The van der Waals surface area contributed by atoms with Crippen molar-refractivity contribution in [2.24, 2.45) is 5.84 Å². The predicted octanol–water partition coefficient (Wildman–Crippen LogP) is 1.78. The lowest BCUT2D eigenvalue weighted by Crippen LogP contribution is -2.26. The van der Waals surface area contributed by atoms with Gasteiger partial charge in [0.05, 0.1) is 6.54 Å². The van der Waals surface area contributed by atoms with Gasteiger partial charge in [-0.15, -0.1) is 0 Å². The lowest BCUT2D eigenvalue weighted by Gasteiger charge is -2.04.